The Morgan fingerprint density at radius 2 is 1.89 bits per heavy atom. The number of methoxy groups -OCH3 is 2. The van der Waals surface area contributed by atoms with Crippen LogP contribution in [0.25, 0.3) is 0 Å². The normalized spacial score (nSPS) is 12.5. The first kappa shape index (κ1) is 15.8. The average molecular weight is 266 g/mol. The zero-order valence-corrected chi connectivity index (χ0v) is 12.5. The number of likely N-dealkylation sites (N-methyl/N-ethyl adjacent to an activating group) is 1. The predicted octanol–water partition coefficient (Wildman–Crippen LogP) is 1.77. The van der Waals surface area contributed by atoms with Gasteiger partial charge in [0.2, 0.25) is 0 Å². The molecule has 1 rings (SSSR count). The maximum atomic E-state index is 5.64. The number of benzene rings is 1. The Morgan fingerprint density at radius 1 is 1.21 bits per heavy atom. The molecule has 108 valence electrons. The van der Waals surface area contributed by atoms with Crippen LogP contribution >= 0.6 is 0 Å². The molecule has 0 amide bonds. The van der Waals surface area contributed by atoms with E-state index in [1.165, 1.54) is 5.56 Å². The largest absolute Gasteiger partial charge is 0.493 e. The topological polar surface area (TPSA) is 47.7 Å². The predicted molar refractivity (Wildman–Crippen MR) is 79.0 cm³/mol. The number of nitrogens with zero attached hydrogens (tertiary/aromatic N) is 1. The minimum Gasteiger partial charge on any atom is -0.493 e. The van der Waals surface area contributed by atoms with Crippen molar-refractivity contribution in [1.82, 2.24) is 4.90 Å². The smallest absolute Gasteiger partial charge is 0.160 e. The lowest BCUT2D eigenvalue weighted by Crippen LogP contribution is -2.29. The van der Waals surface area contributed by atoms with Crippen LogP contribution in [-0.2, 0) is 6.42 Å². The molecule has 0 radical (unpaired) electrons. The number of hydrogen-bond acceptors (Lipinski definition) is 4. The van der Waals surface area contributed by atoms with Crippen LogP contribution in [-0.4, -0.2) is 45.8 Å². The average Bonchev–Trinajstić information content (AvgIpc) is 2.44. The fourth-order valence-corrected chi connectivity index (χ4v) is 2.05. The van der Waals surface area contributed by atoms with Gasteiger partial charge in [-0.05, 0) is 43.6 Å². The summed E-state index contributed by atoms with van der Waals surface area (Å²) in [5, 5.41) is 0. The van der Waals surface area contributed by atoms with Crippen molar-refractivity contribution in [2.45, 2.75) is 13.3 Å². The summed E-state index contributed by atoms with van der Waals surface area (Å²) in [6.45, 7) is 4.96. The Bertz CT molecular complexity index is 382. The van der Waals surface area contributed by atoms with Gasteiger partial charge in [0.25, 0.3) is 0 Å². The fourth-order valence-electron chi connectivity index (χ4n) is 2.05. The van der Waals surface area contributed by atoms with E-state index in [2.05, 4.69) is 24.9 Å². The Balaban J connectivity index is 2.53. The number of rotatable bonds is 8. The summed E-state index contributed by atoms with van der Waals surface area (Å²) in [4.78, 5) is 2.31. The third-order valence-electron chi connectivity index (χ3n) is 3.26. The maximum absolute atomic E-state index is 5.64. The van der Waals surface area contributed by atoms with E-state index in [4.69, 9.17) is 15.2 Å². The van der Waals surface area contributed by atoms with Crippen LogP contribution in [0.1, 0.15) is 12.5 Å². The molecule has 0 bridgehead atoms. The monoisotopic (exact) mass is 266 g/mol. The maximum Gasteiger partial charge on any atom is 0.160 e. The second-order valence-corrected chi connectivity index (χ2v) is 5.04. The first-order chi connectivity index (χ1) is 9.10. The van der Waals surface area contributed by atoms with Gasteiger partial charge in [0.05, 0.1) is 14.2 Å². The van der Waals surface area contributed by atoms with Crippen molar-refractivity contribution in [3.05, 3.63) is 23.8 Å². The van der Waals surface area contributed by atoms with Crippen LogP contribution in [0.3, 0.4) is 0 Å². The van der Waals surface area contributed by atoms with Gasteiger partial charge in [-0.25, -0.2) is 0 Å². The molecular weight excluding hydrogens is 240 g/mol. The van der Waals surface area contributed by atoms with E-state index < -0.39 is 0 Å². The summed E-state index contributed by atoms with van der Waals surface area (Å²) in [6.07, 6.45) is 0.994. The molecule has 0 spiro atoms. The van der Waals surface area contributed by atoms with Crippen molar-refractivity contribution >= 4 is 0 Å². The quantitative estimate of drug-likeness (QED) is 0.779. The Labute approximate surface area is 116 Å². The van der Waals surface area contributed by atoms with Crippen molar-refractivity contribution in [2.75, 3.05) is 40.9 Å². The molecule has 1 aromatic rings. The van der Waals surface area contributed by atoms with E-state index in [-0.39, 0.29) is 0 Å². The van der Waals surface area contributed by atoms with Crippen molar-refractivity contribution in [3.8, 4) is 11.5 Å². The Morgan fingerprint density at radius 3 is 2.47 bits per heavy atom. The van der Waals surface area contributed by atoms with Gasteiger partial charge in [-0.1, -0.05) is 13.0 Å². The second-order valence-electron chi connectivity index (χ2n) is 5.04. The molecule has 0 aliphatic carbocycles. The minimum atomic E-state index is 0.537. The van der Waals surface area contributed by atoms with Gasteiger partial charge in [-0.2, -0.15) is 0 Å². The molecule has 0 aromatic heterocycles. The summed E-state index contributed by atoms with van der Waals surface area (Å²) < 4.78 is 10.5. The zero-order chi connectivity index (χ0) is 14.3. The van der Waals surface area contributed by atoms with E-state index in [0.717, 1.165) is 37.6 Å². The molecule has 2 N–H and O–H groups in total. The highest BCUT2D eigenvalue weighted by molar-refractivity contribution is 5.42. The molecule has 1 atom stereocenters. The molecule has 0 saturated carbocycles. The summed E-state index contributed by atoms with van der Waals surface area (Å²) in [6, 6.07) is 6.08. The molecule has 19 heavy (non-hydrogen) atoms. The molecule has 0 aliphatic heterocycles. The van der Waals surface area contributed by atoms with Crippen LogP contribution in [0.5, 0.6) is 11.5 Å². The van der Waals surface area contributed by atoms with Gasteiger partial charge in [0.1, 0.15) is 0 Å². The first-order valence-corrected chi connectivity index (χ1v) is 6.70. The lowest BCUT2D eigenvalue weighted by atomic mass is 10.1. The summed E-state index contributed by atoms with van der Waals surface area (Å²) >= 11 is 0. The van der Waals surface area contributed by atoms with Gasteiger partial charge >= 0.3 is 0 Å². The number of hydrogen-bond donors (Lipinski definition) is 1. The highest BCUT2D eigenvalue weighted by Crippen LogP contribution is 2.27. The molecule has 0 heterocycles. The van der Waals surface area contributed by atoms with Crippen LogP contribution in [0.15, 0.2) is 18.2 Å². The first-order valence-electron chi connectivity index (χ1n) is 6.70. The second kappa shape index (κ2) is 8.02. The van der Waals surface area contributed by atoms with Gasteiger partial charge in [0, 0.05) is 13.1 Å². The Kier molecular flexibility index (Phi) is 6.67. The number of nitrogens with two attached hydrogens (primary N) is 1. The molecule has 0 fully saturated rings. The highest BCUT2D eigenvalue weighted by atomic mass is 16.5. The van der Waals surface area contributed by atoms with Crippen molar-refractivity contribution in [3.63, 3.8) is 0 Å². The fraction of sp³-hybridized carbons (Fsp3) is 0.600. The van der Waals surface area contributed by atoms with E-state index in [0.29, 0.717) is 5.92 Å². The van der Waals surface area contributed by atoms with Crippen LogP contribution < -0.4 is 15.2 Å². The lowest BCUT2D eigenvalue weighted by molar-refractivity contribution is 0.292. The Hall–Kier alpha value is -1.26. The lowest BCUT2D eigenvalue weighted by Gasteiger charge is -2.20. The SMILES string of the molecule is COc1ccc(CCN(C)CC(C)CN)cc1OC. The summed E-state index contributed by atoms with van der Waals surface area (Å²) in [7, 11) is 5.45. The molecule has 0 saturated heterocycles. The summed E-state index contributed by atoms with van der Waals surface area (Å²) in [5.74, 6) is 2.10. The van der Waals surface area contributed by atoms with E-state index in [1.807, 2.05) is 12.1 Å². The summed E-state index contributed by atoms with van der Waals surface area (Å²) in [5.41, 5.74) is 6.89. The molecule has 4 nitrogen and oxygen atoms in total. The van der Waals surface area contributed by atoms with Crippen LogP contribution in [0.2, 0.25) is 0 Å². The standard InChI is InChI=1S/C15H26N2O2/c1-12(10-16)11-17(2)8-7-13-5-6-14(18-3)15(9-13)19-4/h5-6,9,12H,7-8,10-11,16H2,1-4H3. The molecule has 1 unspecified atom stereocenters. The third kappa shape index (κ3) is 5.09. The van der Waals surface area contributed by atoms with E-state index >= 15 is 0 Å². The van der Waals surface area contributed by atoms with Crippen molar-refractivity contribution < 1.29 is 9.47 Å². The van der Waals surface area contributed by atoms with E-state index in [9.17, 15) is 0 Å². The molecule has 1 aromatic carbocycles. The molecule has 0 aliphatic rings. The van der Waals surface area contributed by atoms with Crippen LogP contribution in [0, 0.1) is 5.92 Å². The minimum absolute atomic E-state index is 0.537. The van der Waals surface area contributed by atoms with Crippen molar-refractivity contribution in [1.29, 1.82) is 0 Å². The third-order valence-corrected chi connectivity index (χ3v) is 3.26. The van der Waals surface area contributed by atoms with E-state index in [1.54, 1.807) is 14.2 Å². The van der Waals surface area contributed by atoms with Gasteiger partial charge in [-0.3, -0.25) is 0 Å². The van der Waals surface area contributed by atoms with Gasteiger partial charge in [-0.15, -0.1) is 0 Å². The van der Waals surface area contributed by atoms with Crippen LogP contribution in [0.4, 0.5) is 0 Å². The highest BCUT2D eigenvalue weighted by Gasteiger charge is 2.07. The zero-order valence-electron chi connectivity index (χ0n) is 12.5. The molecular formula is C15H26N2O2. The van der Waals surface area contributed by atoms with Crippen molar-refractivity contribution in [2.24, 2.45) is 11.7 Å². The number of ether oxygens (including phenoxy) is 2. The van der Waals surface area contributed by atoms with Gasteiger partial charge in [0.15, 0.2) is 11.5 Å². The van der Waals surface area contributed by atoms with Gasteiger partial charge < -0.3 is 20.1 Å². The molecule has 4 heteroatoms.